The van der Waals surface area contributed by atoms with Gasteiger partial charge in [-0.2, -0.15) is 0 Å². The predicted octanol–water partition coefficient (Wildman–Crippen LogP) is 0.637. The maximum Gasteiger partial charge on any atom is 0.238 e. The molecule has 1 N–H and O–H groups in total. The van der Waals surface area contributed by atoms with E-state index in [1.54, 1.807) is 0 Å². The average Bonchev–Trinajstić information content (AvgIpc) is 2.89. The highest BCUT2D eigenvalue weighted by molar-refractivity contribution is 5.81. The van der Waals surface area contributed by atoms with E-state index in [1.807, 2.05) is 0 Å². The van der Waals surface area contributed by atoms with Gasteiger partial charge in [-0.15, -0.1) is 0 Å². The van der Waals surface area contributed by atoms with Crippen LogP contribution in [0, 0.1) is 5.92 Å². The first-order valence-electron chi connectivity index (χ1n) is 6.95. The summed E-state index contributed by atoms with van der Waals surface area (Å²) in [5.74, 6) is 0.794. The summed E-state index contributed by atoms with van der Waals surface area (Å²) in [6.45, 7) is 7.20. The molecule has 96 valence electrons. The quantitative estimate of drug-likeness (QED) is 0.782. The van der Waals surface area contributed by atoms with Crippen molar-refractivity contribution in [2.45, 2.75) is 51.4 Å². The van der Waals surface area contributed by atoms with Crippen molar-refractivity contribution < 1.29 is 4.79 Å². The molecule has 2 unspecified atom stereocenters. The summed E-state index contributed by atoms with van der Waals surface area (Å²) in [6.07, 6.45) is 4.15. The third-order valence-corrected chi connectivity index (χ3v) is 4.33. The highest BCUT2D eigenvalue weighted by Gasteiger charge is 2.42. The minimum absolute atomic E-state index is 0.256. The minimum atomic E-state index is 0.256. The number of nitrogens with zero attached hydrogens (tertiary/aromatic N) is 2. The van der Waals surface area contributed by atoms with Gasteiger partial charge in [-0.25, -0.2) is 0 Å². The lowest BCUT2D eigenvalue weighted by molar-refractivity contribution is -0.130. The molecule has 3 rings (SSSR count). The molecule has 2 heterocycles. The van der Waals surface area contributed by atoms with Crippen LogP contribution in [0.25, 0.3) is 0 Å². The van der Waals surface area contributed by atoms with Gasteiger partial charge in [0.2, 0.25) is 5.91 Å². The van der Waals surface area contributed by atoms with Crippen molar-refractivity contribution in [3.05, 3.63) is 0 Å². The van der Waals surface area contributed by atoms with Crippen LogP contribution in [0.3, 0.4) is 0 Å². The van der Waals surface area contributed by atoms with E-state index in [1.165, 1.54) is 19.4 Å². The molecule has 2 atom stereocenters. The van der Waals surface area contributed by atoms with Crippen molar-refractivity contribution in [3.8, 4) is 0 Å². The van der Waals surface area contributed by atoms with Crippen molar-refractivity contribution in [2.75, 3.05) is 19.6 Å². The van der Waals surface area contributed by atoms with E-state index in [2.05, 4.69) is 29.0 Å². The van der Waals surface area contributed by atoms with Crippen LogP contribution in [-0.4, -0.2) is 53.6 Å². The third-order valence-electron chi connectivity index (χ3n) is 4.33. The molecule has 0 spiro atoms. The molecule has 2 aliphatic heterocycles. The van der Waals surface area contributed by atoms with Gasteiger partial charge in [-0.3, -0.25) is 15.0 Å². The van der Waals surface area contributed by atoms with Crippen LogP contribution >= 0.6 is 0 Å². The van der Waals surface area contributed by atoms with Crippen LogP contribution in [-0.2, 0) is 4.79 Å². The largest absolute Gasteiger partial charge is 0.321 e. The monoisotopic (exact) mass is 237 g/mol. The summed E-state index contributed by atoms with van der Waals surface area (Å²) < 4.78 is 0. The maximum atomic E-state index is 12.0. The molecule has 0 aromatic rings. The molecule has 3 aliphatic rings. The van der Waals surface area contributed by atoms with E-state index in [-0.39, 0.29) is 6.17 Å². The smallest absolute Gasteiger partial charge is 0.238 e. The Balaban J connectivity index is 1.67. The Kier molecular flexibility index (Phi) is 2.87. The molecule has 0 radical (unpaired) electrons. The molecule has 0 aromatic heterocycles. The molecular formula is C13H23N3O. The highest BCUT2D eigenvalue weighted by atomic mass is 16.2. The van der Waals surface area contributed by atoms with Gasteiger partial charge in [0.1, 0.15) is 0 Å². The second-order valence-corrected chi connectivity index (χ2v) is 6.04. The first kappa shape index (κ1) is 11.5. The summed E-state index contributed by atoms with van der Waals surface area (Å²) in [6, 6.07) is 1.29. The zero-order valence-electron chi connectivity index (χ0n) is 10.9. The number of carbonyl (C=O) groups is 1. The standard InChI is InChI=1S/C13H23N3O/c1-9(2)13-14-7-12(17)16(13)11-5-6-15(8-11)10-3-4-10/h9-11,13-14H,3-8H2,1-2H3. The van der Waals surface area contributed by atoms with Crippen molar-refractivity contribution in [1.29, 1.82) is 0 Å². The number of hydrogen-bond acceptors (Lipinski definition) is 3. The van der Waals surface area contributed by atoms with Gasteiger partial charge in [0.05, 0.1) is 12.7 Å². The van der Waals surface area contributed by atoms with Crippen molar-refractivity contribution in [3.63, 3.8) is 0 Å². The molecule has 2 saturated heterocycles. The van der Waals surface area contributed by atoms with Gasteiger partial charge >= 0.3 is 0 Å². The van der Waals surface area contributed by atoms with E-state index < -0.39 is 0 Å². The topological polar surface area (TPSA) is 35.6 Å². The molecule has 1 amide bonds. The lowest BCUT2D eigenvalue weighted by Crippen LogP contribution is -2.48. The molecular weight excluding hydrogens is 214 g/mol. The first-order chi connectivity index (χ1) is 8.16. The van der Waals surface area contributed by atoms with Crippen molar-refractivity contribution in [1.82, 2.24) is 15.1 Å². The van der Waals surface area contributed by atoms with Gasteiger partial charge in [-0.05, 0) is 25.2 Å². The van der Waals surface area contributed by atoms with E-state index in [9.17, 15) is 4.79 Å². The second-order valence-electron chi connectivity index (χ2n) is 6.04. The maximum absolute atomic E-state index is 12.0. The summed E-state index contributed by atoms with van der Waals surface area (Å²) in [5.41, 5.74) is 0. The van der Waals surface area contributed by atoms with Crippen LogP contribution in [0.1, 0.15) is 33.1 Å². The van der Waals surface area contributed by atoms with Crippen molar-refractivity contribution >= 4 is 5.91 Å². The SMILES string of the molecule is CC(C)C1NCC(=O)N1C1CCN(C2CC2)C1. The normalized spacial score (nSPS) is 35.2. The summed E-state index contributed by atoms with van der Waals surface area (Å²) >= 11 is 0. The Bertz CT molecular complexity index is 314. The molecule has 0 bridgehead atoms. The van der Waals surface area contributed by atoms with Crippen LogP contribution in [0.5, 0.6) is 0 Å². The number of likely N-dealkylation sites (tertiary alicyclic amines) is 1. The van der Waals surface area contributed by atoms with Crippen LogP contribution in [0.2, 0.25) is 0 Å². The number of rotatable bonds is 3. The lowest BCUT2D eigenvalue weighted by atomic mass is 10.1. The van der Waals surface area contributed by atoms with E-state index in [4.69, 9.17) is 0 Å². The zero-order chi connectivity index (χ0) is 12.0. The number of carbonyl (C=O) groups excluding carboxylic acids is 1. The summed E-state index contributed by atoms with van der Waals surface area (Å²) in [5, 5.41) is 3.35. The second kappa shape index (κ2) is 4.25. The van der Waals surface area contributed by atoms with Crippen LogP contribution < -0.4 is 5.32 Å². The van der Waals surface area contributed by atoms with Gasteiger partial charge in [0, 0.05) is 25.2 Å². The van der Waals surface area contributed by atoms with Gasteiger partial charge < -0.3 is 4.90 Å². The van der Waals surface area contributed by atoms with Crippen molar-refractivity contribution in [2.24, 2.45) is 5.92 Å². The first-order valence-corrected chi connectivity index (χ1v) is 6.95. The highest BCUT2D eigenvalue weighted by Crippen LogP contribution is 2.32. The molecule has 4 heteroatoms. The predicted molar refractivity (Wildman–Crippen MR) is 66.5 cm³/mol. The van der Waals surface area contributed by atoms with Gasteiger partial charge in [0.15, 0.2) is 0 Å². The molecule has 1 aliphatic carbocycles. The van der Waals surface area contributed by atoms with E-state index in [0.29, 0.717) is 24.4 Å². The third kappa shape index (κ3) is 2.08. The lowest BCUT2D eigenvalue weighted by Gasteiger charge is -2.32. The molecule has 1 saturated carbocycles. The zero-order valence-corrected chi connectivity index (χ0v) is 10.9. The molecule has 3 fully saturated rings. The van der Waals surface area contributed by atoms with Crippen LogP contribution in [0.4, 0.5) is 0 Å². The summed E-state index contributed by atoms with van der Waals surface area (Å²) in [7, 11) is 0. The number of amides is 1. The molecule has 4 nitrogen and oxygen atoms in total. The number of hydrogen-bond donors (Lipinski definition) is 1. The Morgan fingerprint density at radius 3 is 2.65 bits per heavy atom. The fourth-order valence-electron chi connectivity index (χ4n) is 3.29. The fraction of sp³-hybridized carbons (Fsp3) is 0.923. The molecule has 17 heavy (non-hydrogen) atoms. The Morgan fingerprint density at radius 2 is 2.00 bits per heavy atom. The Hall–Kier alpha value is -0.610. The van der Waals surface area contributed by atoms with Gasteiger partial charge in [-0.1, -0.05) is 13.8 Å². The van der Waals surface area contributed by atoms with E-state index in [0.717, 1.165) is 19.0 Å². The average molecular weight is 237 g/mol. The Labute approximate surface area is 103 Å². The Morgan fingerprint density at radius 1 is 1.24 bits per heavy atom. The minimum Gasteiger partial charge on any atom is -0.321 e. The molecule has 0 aromatic carbocycles. The fourth-order valence-corrected chi connectivity index (χ4v) is 3.29. The van der Waals surface area contributed by atoms with E-state index >= 15 is 0 Å². The summed E-state index contributed by atoms with van der Waals surface area (Å²) in [4.78, 5) is 16.7. The van der Waals surface area contributed by atoms with Crippen LogP contribution in [0.15, 0.2) is 0 Å². The number of nitrogens with one attached hydrogen (secondary N) is 1. The van der Waals surface area contributed by atoms with Gasteiger partial charge in [0.25, 0.3) is 0 Å².